The Hall–Kier alpha value is -0.850. The summed E-state index contributed by atoms with van der Waals surface area (Å²) >= 11 is 0. The van der Waals surface area contributed by atoms with E-state index in [1.54, 1.807) is 12.0 Å². The van der Waals surface area contributed by atoms with Gasteiger partial charge in [0.1, 0.15) is 0 Å². The first-order chi connectivity index (χ1) is 13.2. The van der Waals surface area contributed by atoms with E-state index < -0.39 is 0 Å². The zero-order chi connectivity index (χ0) is 19.1. The van der Waals surface area contributed by atoms with Gasteiger partial charge in [0.2, 0.25) is 5.91 Å². The molecule has 166 valence electrons. The molecule has 1 unspecified atom stereocenters. The molecular formula is C22H37Cl2N3O2. The summed E-state index contributed by atoms with van der Waals surface area (Å²) in [4.78, 5) is 16.7. The van der Waals surface area contributed by atoms with Crippen molar-refractivity contribution >= 4 is 30.7 Å². The summed E-state index contributed by atoms with van der Waals surface area (Å²) in [5.74, 6) is 0.917. The molecule has 0 radical (unpaired) electrons. The second-order valence-electron chi connectivity index (χ2n) is 8.14. The number of halogens is 2. The van der Waals surface area contributed by atoms with Crippen molar-refractivity contribution < 1.29 is 9.53 Å². The zero-order valence-electron chi connectivity index (χ0n) is 17.8. The van der Waals surface area contributed by atoms with Crippen molar-refractivity contribution in [2.75, 3.05) is 53.5 Å². The van der Waals surface area contributed by atoms with Gasteiger partial charge in [-0.2, -0.15) is 0 Å². The molecule has 2 aliphatic heterocycles. The molecule has 2 aliphatic rings. The highest BCUT2D eigenvalue weighted by Gasteiger charge is 2.28. The van der Waals surface area contributed by atoms with Crippen LogP contribution in [0.25, 0.3) is 0 Å². The highest BCUT2D eigenvalue weighted by atomic mass is 35.5. The minimum atomic E-state index is 0. The second kappa shape index (κ2) is 13.5. The molecular weight excluding hydrogens is 409 g/mol. The summed E-state index contributed by atoms with van der Waals surface area (Å²) in [7, 11) is 3.50. The van der Waals surface area contributed by atoms with E-state index in [2.05, 4.69) is 34.5 Å². The Bertz CT molecular complexity index is 594. The number of benzene rings is 1. The molecule has 0 saturated carbocycles. The van der Waals surface area contributed by atoms with Crippen molar-refractivity contribution in [1.82, 2.24) is 15.1 Å². The van der Waals surface area contributed by atoms with Gasteiger partial charge in [0.15, 0.2) is 0 Å². The minimum Gasteiger partial charge on any atom is -0.383 e. The number of piperidine rings is 1. The normalized spacial score (nSPS) is 20.0. The van der Waals surface area contributed by atoms with Crippen LogP contribution in [0.3, 0.4) is 0 Å². The van der Waals surface area contributed by atoms with Gasteiger partial charge in [0, 0.05) is 33.3 Å². The van der Waals surface area contributed by atoms with Gasteiger partial charge in [-0.3, -0.25) is 9.69 Å². The second-order valence-corrected chi connectivity index (χ2v) is 8.14. The quantitative estimate of drug-likeness (QED) is 0.667. The molecule has 7 heteroatoms. The van der Waals surface area contributed by atoms with Crippen molar-refractivity contribution in [2.24, 2.45) is 5.92 Å². The Morgan fingerprint density at radius 2 is 1.79 bits per heavy atom. The maximum absolute atomic E-state index is 12.2. The Morgan fingerprint density at radius 1 is 1.14 bits per heavy atom. The number of nitrogens with zero attached hydrogens (tertiary/aromatic N) is 2. The molecule has 1 atom stereocenters. The SMILES string of the molecule is COCCN(C)C(=O)Cc1ccc(CC2CCN(C3CCNCC3)C2)cc1.Cl.Cl. The first-order valence-corrected chi connectivity index (χ1v) is 10.4. The number of carbonyl (C=O) groups is 1. The number of nitrogens with one attached hydrogen (secondary N) is 1. The highest BCUT2D eigenvalue weighted by Crippen LogP contribution is 2.25. The Labute approximate surface area is 188 Å². The molecule has 29 heavy (non-hydrogen) atoms. The molecule has 0 spiro atoms. The number of methoxy groups -OCH3 is 1. The van der Waals surface area contributed by atoms with Crippen LogP contribution in [0.4, 0.5) is 0 Å². The molecule has 0 aliphatic carbocycles. The van der Waals surface area contributed by atoms with E-state index in [1.165, 1.54) is 51.0 Å². The van der Waals surface area contributed by atoms with E-state index in [0.29, 0.717) is 19.6 Å². The zero-order valence-corrected chi connectivity index (χ0v) is 19.4. The third-order valence-electron chi connectivity index (χ3n) is 6.10. The van der Waals surface area contributed by atoms with Crippen LogP contribution in [0.2, 0.25) is 0 Å². The van der Waals surface area contributed by atoms with Crippen LogP contribution < -0.4 is 5.32 Å². The van der Waals surface area contributed by atoms with E-state index in [-0.39, 0.29) is 30.7 Å². The Balaban J connectivity index is 0.00000210. The van der Waals surface area contributed by atoms with Gasteiger partial charge >= 0.3 is 0 Å². The van der Waals surface area contributed by atoms with Gasteiger partial charge in [0.25, 0.3) is 0 Å². The van der Waals surface area contributed by atoms with E-state index in [0.717, 1.165) is 23.9 Å². The number of likely N-dealkylation sites (N-methyl/N-ethyl adjacent to an activating group) is 1. The lowest BCUT2D eigenvalue weighted by atomic mass is 9.97. The number of hydrogen-bond donors (Lipinski definition) is 1. The number of likely N-dealkylation sites (tertiary alicyclic amines) is 1. The lowest BCUT2D eigenvalue weighted by molar-refractivity contribution is -0.129. The van der Waals surface area contributed by atoms with Crippen molar-refractivity contribution in [3.8, 4) is 0 Å². The molecule has 0 bridgehead atoms. The molecule has 1 N–H and O–H groups in total. The molecule has 3 rings (SSSR count). The molecule has 5 nitrogen and oxygen atoms in total. The number of ether oxygens (including phenoxy) is 1. The van der Waals surface area contributed by atoms with Gasteiger partial charge < -0.3 is 15.0 Å². The first kappa shape index (κ1) is 26.2. The molecule has 0 aromatic heterocycles. The number of hydrogen-bond acceptors (Lipinski definition) is 4. The average molecular weight is 446 g/mol. The van der Waals surface area contributed by atoms with Crippen molar-refractivity contribution in [2.45, 2.75) is 38.1 Å². The number of rotatable bonds is 8. The van der Waals surface area contributed by atoms with E-state index in [9.17, 15) is 4.79 Å². The van der Waals surface area contributed by atoms with Crippen LogP contribution in [0.15, 0.2) is 24.3 Å². The summed E-state index contributed by atoms with van der Waals surface area (Å²) in [6, 6.07) is 9.46. The minimum absolute atomic E-state index is 0. The molecule has 1 aromatic rings. The third kappa shape index (κ3) is 8.06. The van der Waals surface area contributed by atoms with Gasteiger partial charge in [-0.1, -0.05) is 24.3 Å². The molecule has 2 saturated heterocycles. The molecule has 2 fully saturated rings. The van der Waals surface area contributed by atoms with Gasteiger partial charge in [-0.25, -0.2) is 0 Å². The maximum Gasteiger partial charge on any atom is 0.226 e. The van der Waals surface area contributed by atoms with Gasteiger partial charge in [0.05, 0.1) is 13.0 Å². The Morgan fingerprint density at radius 3 is 2.45 bits per heavy atom. The van der Waals surface area contributed by atoms with Crippen molar-refractivity contribution in [3.05, 3.63) is 35.4 Å². The van der Waals surface area contributed by atoms with Crippen molar-refractivity contribution in [1.29, 1.82) is 0 Å². The fourth-order valence-corrected chi connectivity index (χ4v) is 4.32. The standard InChI is InChI=1S/C22H35N3O2.2ClH/c1-24(13-14-27-2)22(26)16-19-5-3-18(4-6-19)15-20-9-12-25(17-20)21-7-10-23-11-8-21;;/h3-6,20-21,23H,7-17H2,1-2H3;2*1H. The summed E-state index contributed by atoms with van der Waals surface area (Å²) in [5, 5.41) is 3.46. The fourth-order valence-electron chi connectivity index (χ4n) is 4.32. The predicted octanol–water partition coefficient (Wildman–Crippen LogP) is 2.79. The van der Waals surface area contributed by atoms with Crippen LogP contribution in [0.5, 0.6) is 0 Å². The first-order valence-electron chi connectivity index (χ1n) is 10.4. The molecule has 1 aromatic carbocycles. The molecule has 2 heterocycles. The van der Waals surface area contributed by atoms with E-state index >= 15 is 0 Å². The van der Waals surface area contributed by atoms with Crippen LogP contribution >= 0.6 is 24.8 Å². The largest absolute Gasteiger partial charge is 0.383 e. The summed E-state index contributed by atoms with van der Waals surface area (Å²) in [6.07, 6.45) is 5.54. The van der Waals surface area contributed by atoms with Crippen molar-refractivity contribution in [3.63, 3.8) is 0 Å². The van der Waals surface area contributed by atoms with Crippen LogP contribution in [0.1, 0.15) is 30.4 Å². The van der Waals surface area contributed by atoms with E-state index in [4.69, 9.17) is 4.74 Å². The summed E-state index contributed by atoms with van der Waals surface area (Å²) in [6.45, 7) is 6.07. The predicted molar refractivity (Wildman–Crippen MR) is 123 cm³/mol. The smallest absolute Gasteiger partial charge is 0.226 e. The monoisotopic (exact) mass is 445 g/mol. The fraction of sp³-hybridized carbons (Fsp3) is 0.682. The number of carbonyl (C=O) groups excluding carboxylic acids is 1. The van der Waals surface area contributed by atoms with Crippen LogP contribution in [0, 0.1) is 5.92 Å². The highest BCUT2D eigenvalue weighted by molar-refractivity contribution is 5.85. The lowest BCUT2D eigenvalue weighted by Crippen LogP contribution is -2.42. The Kier molecular flexibility index (Phi) is 12.1. The van der Waals surface area contributed by atoms with Crippen LogP contribution in [-0.2, 0) is 22.4 Å². The van der Waals surface area contributed by atoms with E-state index in [1.807, 2.05) is 7.05 Å². The topological polar surface area (TPSA) is 44.8 Å². The summed E-state index contributed by atoms with van der Waals surface area (Å²) in [5.41, 5.74) is 2.49. The number of amides is 1. The maximum atomic E-state index is 12.2. The average Bonchev–Trinajstić information content (AvgIpc) is 3.16. The third-order valence-corrected chi connectivity index (χ3v) is 6.10. The molecule has 1 amide bonds. The van der Waals surface area contributed by atoms with Gasteiger partial charge in [-0.05, 0) is 62.4 Å². The lowest BCUT2D eigenvalue weighted by Gasteiger charge is -2.31. The van der Waals surface area contributed by atoms with Gasteiger partial charge in [-0.15, -0.1) is 24.8 Å². The summed E-state index contributed by atoms with van der Waals surface area (Å²) < 4.78 is 5.04. The van der Waals surface area contributed by atoms with Crippen LogP contribution in [-0.4, -0.2) is 75.2 Å².